The van der Waals surface area contributed by atoms with Crippen LogP contribution in [0.2, 0.25) is 0 Å². The predicted molar refractivity (Wildman–Crippen MR) is 122 cm³/mol. The van der Waals surface area contributed by atoms with Gasteiger partial charge >= 0.3 is 0 Å². The summed E-state index contributed by atoms with van der Waals surface area (Å²) in [6.07, 6.45) is 0. The summed E-state index contributed by atoms with van der Waals surface area (Å²) in [5.74, 6) is 1.58. The average molecular weight is 423 g/mol. The molecule has 1 amide bonds. The number of ether oxygens (including phenoxy) is 1. The summed E-state index contributed by atoms with van der Waals surface area (Å²) in [4.78, 5) is 14.7. The third-order valence-electron chi connectivity index (χ3n) is 5.15. The number of rotatable bonds is 6. The molecule has 3 aromatic rings. The van der Waals surface area contributed by atoms with Crippen molar-refractivity contribution in [2.45, 2.75) is 24.8 Å². The SMILES string of the molecule is CC(C)c1ccc(NC(=O)CSc2nnc(N3CCOCC3)c3ccccc23)cc1. The molecule has 1 N–H and O–H groups in total. The number of benzene rings is 2. The molecule has 2 aromatic carbocycles. The zero-order valence-electron chi connectivity index (χ0n) is 17.3. The predicted octanol–water partition coefficient (Wildman–Crippen LogP) is 4.32. The Morgan fingerprint density at radius 3 is 2.47 bits per heavy atom. The zero-order valence-corrected chi connectivity index (χ0v) is 18.1. The summed E-state index contributed by atoms with van der Waals surface area (Å²) in [5, 5.41) is 14.7. The van der Waals surface area contributed by atoms with Crippen molar-refractivity contribution in [3.8, 4) is 0 Å². The quantitative estimate of drug-likeness (QED) is 0.597. The van der Waals surface area contributed by atoms with E-state index in [2.05, 4.69) is 52.5 Å². The number of hydrogen-bond donors (Lipinski definition) is 1. The molecule has 30 heavy (non-hydrogen) atoms. The molecule has 156 valence electrons. The van der Waals surface area contributed by atoms with Crippen molar-refractivity contribution in [3.63, 3.8) is 0 Å². The molecule has 0 unspecified atom stereocenters. The molecule has 1 aromatic heterocycles. The second-order valence-electron chi connectivity index (χ2n) is 7.59. The highest BCUT2D eigenvalue weighted by atomic mass is 32.2. The highest BCUT2D eigenvalue weighted by Gasteiger charge is 2.18. The number of nitrogens with one attached hydrogen (secondary N) is 1. The van der Waals surface area contributed by atoms with Crippen LogP contribution in [0.5, 0.6) is 0 Å². The highest BCUT2D eigenvalue weighted by Crippen LogP contribution is 2.31. The Morgan fingerprint density at radius 2 is 1.77 bits per heavy atom. The maximum Gasteiger partial charge on any atom is 0.234 e. The van der Waals surface area contributed by atoms with Crippen molar-refractivity contribution >= 4 is 39.9 Å². The molecule has 6 nitrogen and oxygen atoms in total. The molecule has 0 aliphatic carbocycles. The van der Waals surface area contributed by atoms with E-state index in [1.807, 2.05) is 30.3 Å². The van der Waals surface area contributed by atoms with Crippen molar-refractivity contribution in [3.05, 3.63) is 54.1 Å². The number of amides is 1. The van der Waals surface area contributed by atoms with Crippen LogP contribution in [0.15, 0.2) is 53.6 Å². The van der Waals surface area contributed by atoms with Gasteiger partial charge in [0.15, 0.2) is 5.82 Å². The standard InChI is InChI=1S/C23H26N4O2S/c1-16(2)17-7-9-18(10-8-17)24-21(28)15-30-23-20-6-4-3-5-19(20)22(25-26-23)27-11-13-29-14-12-27/h3-10,16H,11-15H2,1-2H3,(H,24,28). The van der Waals surface area contributed by atoms with Crippen molar-refractivity contribution in [1.29, 1.82) is 0 Å². The number of thioether (sulfide) groups is 1. The van der Waals surface area contributed by atoms with Gasteiger partial charge in [-0.25, -0.2) is 0 Å². The lowest BCUT2D eigenvalue weighted by molar-refractivity contribution is -0.113. The monoisotopic (exact) mass is 422 g/mol. The molecule has 1 fully saturated rings. The van der Waals surface area contributed by atoms with Crippen molar-refractivity contribution in [1.82, 2.24) is 10.2 Å². The fourth-order valence-corrected chi connectivity index (χ4v) is 4.23. The Balaban J connectivity index is 1.45. The first-order chi connectivity index (χ1) is 14.6. The maximum atomic E-state index is 12.5. The van der Waals surface area contributed by atoms with Gasteiger partial charge in [0.2, 0.25) is 5.91 Å². The topological polar surface area (TPSA) is 67.4 Å². The molecule has 0 bridgehead atoms. The summed E-state index contributed by atoms with van der Waals surface area (Å²) in [5.41, 5.74) is 2.06. The minimum atomic E-state index is -0.0552. The number of carbonyl (C=O) groups excluding carboxylic acids is 1. The lowest BCUT2D eigenvalue weighted by Crippen LogP contribution is -2.37. The fraction of sp³-hybridized carbons (Fsp3) is 0.348. The van der Waals surface area contributed by atoms with Gasteiger partial charge in [0.05, 0.1) is 19.0 Å². The van der Waals surface area contributed by atoms with Crippen molar-refractivity contribution in [2.75, 3.05) is 42.3 Å². The van der Waals surface area contributed by atoms with E-state index in [0.29, 0.717) is 19.1 Å². The number of carbonyl (C=O) groups is 1. The third kappa shape index (κ3) is 4.74. The second-order valence-corrected chi connectivity index (χ2v) is 8.55. The molecule has 0 atom stereocenters. The molecule has 0 radical (unpaired) electrons. The van der Waals surface area contributed by atoms with Crippen LogP contribution in [-0.4, -0.2) is 48.2 Å². The minimum Gasteiger partial charge on any atom is -0.378 e. The Hall–Kier alpha value is -2.64. The van der Waals surface area contributed by atoms with E-state index in [0.717, 1.165) is 40.4 Å². The van der Waals surface area contributed by atoms with E-state index in [-0.39, 0.29) is 11.7 Å². The maximum absolute atomic E-state index is 12.5. The van der Waals surface area contributed by atoms with Crippen LogP contribution >= 0.6 is 11.8 Å². The molecule has 0 saturated carbocycles. The van der Waals surface area contributed by atoms with Gasteiger partial charge in [0, 0.05) is 29.5 Å². The number of hydrogen-bond acceptors (Lipinski definition) is 6. The number of nitrogens with zero attached hydrogens (tertiary/aromatic N) is 3. The number of aromatic nitrogens is 2. The fourth-order valence-electron chi connectivity index (χ4n) is 3.46. The van der Waals surface area contributed by atoms with Gasteiger partial charge in [-0.2, -0.15) is 0 Å². The lowest BCUT2D eigenvalue weighted by atomic mass is 10.0. The molecule has 1 aliphatic rings. The molecule has 7 heteroatoms. The highest BCUT2D eigenvalue weighted by molar-refractivity contribution is 8.00. The minimum absolute atomic E-state index is 0.0552. The van der Waals surface area contributed by atoms with Gasteiger partial charge in [-0.15, -0.1) is 10.2 Å². The van der Waals surface area contributed by atoms with Crippen molar-refractivity contribution < 1.29 is 9.53 Å². The van der Waals surface area contributed by atoms with Crippen LogP contribution in [0.1, 0.15) is 25.3 Å². The van der Waals surface area contributed by atoms with Gasteiger partial charge in [0.1, 0.15) is 5.03 Å². The first-order valence-electron chi connectivity index (χ1n) is 10.2. The smallest absolute Gasteiger partial charge is 0.234 e. The summed E-state index contributed by atoms with van der Waals surface area (Å²) in [7, 11) is 0. The first kappa shape index (κ1) is 20.6. The summed E-state index contributed by atoms with van der Waals surface area (Å²) in [6.45, 7) is 7.32. The van der Waals surface area contributed by atoms with Gasteiger partial charge in [0.25, 0.3) is 0 Å². The van der Waals surface area contributed by atoms with E-state index in [4.69, 9.17) is 4.74 Å². The molecule has 4 rings (SSSR count). The van der Waals surface area contributed by atoms with Crippen LogP contribution in [-0.2, 0) is 9.53 Å². The number of anilines is 2. The van der Waals surface area contributed by atoms with Gasteiger partial charge in [-0.1, -0.05) is 62.0 Å². The summed E-state index contributed by atoms with van der Waals surface area (Å²) < 4.78 is 5.45. The van der Waals surface area contributed by atoms with E-state index in [9.17, 15) is 4.79 Å². The Bertz CT molecular complexity index is 1020. The second kappa shape index (κ2) is 9.45. The molecular formula is C23H26N4O2S. The van der Waals surface area contributed by atoms with E-state index >= 15 is 0 Å². The molecular weight excluding hydrogens is 396 g/mol. The number of fused-ring (bicyclic) bond motifs is 1. The average Bonchev–Trinajstić information content (AvgIpc) is 2.78. The van der Waals surface area contributed by atoms with Gasteiger partial charge in [-0.05, 0) is 23.6 Å². The summed E-state index contributed by atoms with van der Waals surface area (Å²) >= 11 is 1.41. The lowest BCUT2D eigenvalue weighted by Gasteiger charge is -2.28. The molecule has 1 aliphatic heterocycles. The first-order valence-corrected chi connectivity index (χ1v) is 11.2. The van der Waals surface area contributed by atoms with Crippen LogP contribution < -0.4 is 10.2 Å². The van der Waals surface area contributed by atoms with E-state index in [1.165, 1.54) is 17.3 Å². The van der Waals surface area contributed by atoms with Crippen molar-refractivity contribution in [2.24, 2.45) is 0 Å². The van der Waals surface area contributed by atoms with E-state index in [1.54, 1.807) is 0 Å². The van der Waals surface area contributed by atoms with Crippen LogP contribution in [0.4, 0.5) is 11.5 Å². The largest absolute Gasteiger partial charge is 0.378 e. The van der Waals surface area contributed by atoms with E-state index < -0.39 is 0 Å². The Labute approximate surface area is 181 Å². The molecule has 1 saturated heterocycles. The Kier molecular flexibility index (Phi) is 6.50. The molecule has 0 spiro atoms. The third-order valence-corrected chi connectivity index (χ3v) is 6.13. The zero-order chi connectivity index (χ0) is 20.9. The Morgan fingerprint density at radius 1 is 1.07 bits per heavy atom. The summed E-state index contributed by atoms with van der Waals surface area (Å²) in [6, 6.07) is 16.1. The van der Waals surface area contributed by atoms with Gasteiger partial charge < -0.3 is 15.0 Å². The number of morpholine rings is 1. The molecule has 2 heterocycles. The normalized spacial score (nSPS) is 14.3. The van der Waals surface area contributed by atoms with Crippen LogP contribution in [0.3, 0.4) is 0 Å². The van der Waals surface area contributed by atoms with Gasteiger partial charge in [-0.3, -0.25) is 4.79 Å². The van der Waals surface area contributed by atoms with Crippen LogP contribution in [0.25, 0.3) is 10.8 Å². The van der Waals surface area contributed by atoms with Crippen LogP contribution in [0, 0.1) is 0 Å².